The number of ether oxygens (including phenoxy) is 1. The second-order valence-corrected chi connectivity index (χ2v) is 5.72. The Morgan fingerprint density at radius 2 is 2.09 bits per heavy atom. The van der Waals surface area contributed by atoms with Crippen LogP contribution in [0.1, 0.15) is 26.7 Å². The van der Waals surface area contributed by atoms with Crippen molar-refractivity contribution in [2.24, 2.45) is 5.92 Å². The van der Waals surface area contributed by atoms with E-state index < -0.39 is 6.10 Å². The molecule has 0 saturated carbocycles. The minimum atomic E-state index is -0.460. The van der Waals surface area contributed by atoms with Crippen LogP contribution in [0.5, 0.6) is 0 Å². The summed E-state index contributed by atoms with van der Waals surface area (Å²) in [7, 11) is 0. The average molecular weight is 306 g/mol. The smallest absolute Gasteiger partial charge is 0.253 e. The third-order valence-electron chi connectivity index (χ3n) is 4.16. The largest absolute Gasteiger partial charge is 0.396 e. The third-order valence-corrected chi connectivity index (χ3v) is 4.16. The number of benzene rings is 1. The van der Waals surface area contributed by atoms with E-state index in [0.717, 1.165) is 37.3 Å². The van der Waals surface area contributed by atoms with Crippen molar-refractivity contribution in [2.45, 2.75) is 32.8 Å². The van der Waals surface area contributed by atoms with Crippen LogP contribution in [0.4, 0.5) is 11.4 Å². The molecule has 0 radical (unpaired) electrons. The maximum Gasteiger partial charge on any atom is 0.253 e. The van der Waals surface area contributed by atoms with Gasteiger partial charge in [-0.1, -0.05) is 12.1 Å². The van der Waals surface area contributed by atoms with Crippen LogP contribution in [0.25, 0.3) is 0 Å². The molecule has 1 saturated heterocycles. The summed E-state index contributed by atoms with van der Waals surface area (Å²) in [5, 5.41) is 12.2. The molecule has 1 aliphatic heterocycles. The standard InChI is InChI=1S/C17H26N2O3/c1-3-22-13(2)17(21)18-15-6-4-5-7-16(15)19-10-8-14(12-20)9-11-19/h4-7,13-14,20H,3,8-12H2,1-2H3,(H,18,21). The van der Waals surface area contributed by atoms with E-state index in [-0.39, 0.29) is 12.5 Å². The summed E-state index contributed by atoms with van der Waals surface area (Å²) in [6.07, 6.45) is 1.50. The van der Waals surface area contributed by atoms with Gasteiger partial charge >= 0.3 is 0 Å². The lowest BCUT2D eigenvalue weighted by Gasteiger charge is -2.34. The number of aliphatic hydroxyl groups excluding tert-OH is 1. The lowest BCUT2D eigenvalue weighted by molar-refractivity contribution is -0.126. The molecule has 1 fully saturated rings. The van der Waals surface area contributed by atoms with E-state index in [0.29, 0.717) is 12.5 Å². The Morgan fingerprint density at radius 1 is 1.41 bits per heavy atom. The Balaban J connectivity index is 2.05. The topological polar surface area (TPSA) is 61.8 Å². The van der Waals surface area contributed by atoms with Gasteiger partial charge in [0.15, 0.2) is 0 Å². The molecule has 1 aromatic rings. The third kappa shape index (κ3) is 4.21. The van der Waals surface area contributed by atoms with Crippen LogP contribution >= 0.6 is 0 Å². The van der Waals surface area contributed by atoms with Gasteiger partial charge in [0.05, 0.1) is 11.4 Å². The van der Waals surface area contributed by atoms with E-state index in [1.165, 1.54) is 0 Å². The molecule has 2 N–H and O–H groups in total. The van der Waals surface area contributed by atoms with Crippen LogP contribution in [-0.4, -0.2) is 43.4 Å². The van der Waals surface area contributed by atoms with E-state index in [2.05, 4.69) is 10.2 Å². The van der Waals surface area contributed by atoms with Crippen LogP contribution in [-0.2, 0) is 9.53 Å². The fourth-order valence-electron chi connectivity index (χ4n) is 2.77. The van der Waals surface area contributed by atoms with Crippen molar-refractivity contribution in [3.8, 4) is 0 Å². The number of amides is 1. The van der Waals surface area contributed by atoms with Crippen LogP contribution in [0.2, 0.25) is 0 Å². The van der Waals surface area contributed by atoms with Crippen LogP contribution in [0.15, 0.2) is 24.3 Å². The highest BCUT2D eigenvalue weighted by Crippen LogP contribution is 2.29. The van der Waals surface area contributed by atoms with E-state index >= 15 is 0 Å². The second-order valence-electron chi connectivity index (χ2n) is 5.72. The Kier molecular flexibility index (Phi) is 6.21. The molecule has 5 nitrogen and oxygen atoms in total. The van der Waals surface area contributed by atoms with Gasteiger partial charge < -0.3 is 20.1 Å². The molecule has 1 aromatic carbocycles. The molecule has 1 heterocycles. The van der Waals surface area contributed by atoms with Crippen LogP contribution in [0, 0.1) is 5.92 Å². The van der Waals surface area contributed by atoms with Gasteiger partial charge in [-0.3, -0.25) is 4.79 Å². The Morgan fingerprint density at radius 3 is 2.73 bits per heavy atom. The molecule has 0 aromatic heterocycles. The minimum Gasteiger partial charge on any atom is -0.396 e. The van der Waals surface area contributed by atoms with Crippen LogP contribution in [0.3, 0.4) is 0 Å². The predicted octanol–water partition coefficient (Wildman–Crippen LogP) is 2.26. The molecule has 1 amide bonds. The number of hydrogen-bond acceptors (Lipinski definition) is 4. The van der Waals surface area contributed by atoms with E-state index in [9.17, 15) is 9.90 Å². The van der Waals surface area contributed by atoms with E-state index in [1.54, 1.807) is 6.92 Å². The Bertz CT molecular complexity index is 485. The van der Waals surface area contributed by atoms with Gasteiger partial charge in [0.2, 0.25) is 0 Å². The number of nitrogens with zero attached hydrogens (tertiary/aromatic N) is 1. The molecule has 0 bridgehead atoms. The number of aliphatic hydroxyl groups is 1. The first-order valence-corrected chi connectivity index (χ1v) is 8.03. The lowest BCUT2D eigenvalue weighted by Crippen LogP contribution is -2.36. The van der Waals surface area contributed by atoms with Gasteiger partial charge in [0, 0.05) is 26.3 Å². The van der Waals surface area contributed by atoms with Crippen molar-refractivity contribution < 1.29 is 14.6 Å². The first kappa shape index (κ1) is 16.8. The highest BCUT2D eigenvalue weighted by molar-refractivity contribution is 5.97. The average Bonchev–Trinajstić information content (AvgIpc) is 2.55. The van der Waals surface area contributed by atoms with Crippen LogP contribution < -0.4 is 10.2 Å². The summed E-state index contributed by atoms with van der Waals surface area (Å²) >= 11 is 0. The molecule has 0 aliphatic carbocycles. The predicted molar refractivity (Wildman–Crippen MR) is 88.2 cm³/mol. The molecule has 122 valence electrons. The molecular weight excluding hydrogens is 280 g/mol. The molecule has 1 aliphatic rings. The first-order chi connectivity index (χ1) is 10.7. The number of carbonyl (C=O) groups is 1. The molecular formula is C17H26N2O3. The molecule has 1 unspecified atom stereocenters. The molecule has 2 rings (SSSR count). The summed E-state index contributed by atoms with van der Waals surface area (Å²) in [6.45, 7) is 6.22. The van der Waals surface area contributed by atoms with Crippen molar-refractivity contribution in [2.75, 3.05) is 36.5 Å². The number of para-hydroxylation sites is 2. The van der Waals surface area contributed by atoms with E-state index in [4.69, 9.17) is 4.74 Å². The van der Waals surface area contributed by atoms with Gasteiger partial charge in [-0.2, -0.15) is 0 Å². The molecule has 1 atom stereocenters. The number of anilines is 2. The van der Waals surface area contributed by atoms with Gasteiger partial charge in [0.25, 0.3) is 5.91 Å². The van der Waals surface area contributed by atoms with Crippen molar-refractivity contribution in [1.82, 2.24) is 0 Å². The van der Waals surface area contributed by atoms with Crippen molar-refractivity contribution >= 4 is 17.3 Å². The SMILES string of the molecule is CCOC(C)C(=O)Nc1ccccc1N1CCC(CO)CC1. The monoisotopic (exact) mass is 306 g/mol. The number of piperidine rings is 1. The number of hydrogen-bond donors (Lipinski definition) is 2. The number of rotatable bonds is 6. The zero-order valence-electron chi connectivity index (χ0n) is 13.4. The summed E-state index contributed by atoms with van der Waals surface area (Å²) in [6, 6.07) is 7.85. The minimum absolute atomic E-state index is 0.125. The fourth-order valence-corrected chi connectivity index (χ4v) is 2.77. The normalized spacial score (nSPS) is 17.3. The molecule has 5 heteroatoms. The number of nitrogens with one attached hydrogen (secondary N) is 1. The summed E-state index contributed by atoms with van der Waals surface area (Å²) < 4.78 is 5.34. The zero-order chi connectivity index (χ0) is 15.9. The summed E-state index contributed by atoms with van der Waals surface area (Å²) in [4.78, 5) is 14.4. The van der Waals surface area contributed by atoms with Gasteiger partial charge in [-0.25, -0.2) is 0 Å². The Labute approximate surface area is 132 Å². The highest BCUT2D eigenvalue weighted by Gasteiger charge is 2.21. The molecule has 22 heavy (non-hydrogen) atoms. The second kappa shape index (κ2) is 8.15. The molecule has 0 spiro atoms. The highest BCUT2D eigenvalue weighted by atomic mass is 16.5. The fraction of sp³-hybridized carbons (Fsp3) is 0.588. The lowest BCUT2D eigenvalue weighted by atomic mass is 9.97. The van der Waals surface area contributed by atoms with Gasteiger partial charge in [-0.15, -0.1) is 0 Å². The van der Waals surface area contributed by atoms with Gasteiger partial charge in [-0.05, 0) is 44.7 Å². The summed E-state index contributed by atoms with van der Waals surface area (Å²) in [5.74, 6) is 0.274. The summed E-state index contributed by atoms with van der Waals surface area (Å²) in [5.41, 5.74) is 1.86. The maximum absolute atomic E-state index is 12.1. The Hall–Kier alpha value is -1.59. The maximum atomic E-state index is 12.1. The number of carbonyl (C=O) groups excluding carboxylic acids is 1. The first-order valence-electron chi connectivity index (χ1n) is 8.03. The van der Waals surface area contributed by atoms with Gasteiger partial charge in [0.1, 0.15) is 6.10 Å². The zero-order valence-corrected chi connectivity index (χ0v) is 13.4. The van der Waals surface area contributed by atoms with Crippen molar-refractivity contribution in [1.29, 1.82) is 0 Å². The van der Waals surface area contributed by atoms with E-state index in [1.807, 2.05) is 31.2 Å². The van der Waals surface area contributed by atoms with Crippen molar-refractivity contribution in [3.05, 3.63) is 24.3 Å². The quantitative estimate of drug-likeness (QED) is 0.846. The van der Waals surface area contributed by atoms with Crippen molar-refractivity contribution in [3.63, 3.8) is 0 Å².